The molecule has 7 heteroatoms. The average Bonchev–Trinajstić information content (AvgIpc) is 2.74. The van der Waals surface area contributed by atoms with Crippen molar-refractivity contribution in [3.63, 3.8) is 0 Å². The maximum atomic E-state index is 5.58. The molecule has 1 aliphatic carbocycles. The first-order valence-electron chi connectivity index (χ1n) is 10.1. The largest absolute Gasteiger partial charge is 0.496 e. The predicted octanol–water partition coefficient (Wildman–Crippen LogP) is 4.74. The Bertz CT molecular complexity index is 705. The molecular weight excluding hydrogens is 407 g/mol. The fraction of sp³-hybridized carbons (Fsp3) is 0.545. The zero-order valence-corrected chi connectivity index (χ0v) is 19.3. The summed E-state index contributed by atoms with van der Waals surface area (Å²) in [5, 5.41) is 3.76. The van der Waals surface area contributed by atoms with Gasteiger partial charge >= 0.3 is 0 Å². The van der Waals surface area contributed by atoms with Gasteiger partial charge in [-0.1, -0.05) is 19.9 Å². The van der Waals surface area contributed by atoms with Crippen LogP contribution in [-0.2, 0) is 6.54 Å². The molecule has 5 nitrogen and oxygen atoms in total. The highest BCUT2D eigenvalue weighted by Crippen LogP contribution is 2.27. The van der Waals surface area contributed by atoms with E-state index in [1.807, 2.05) is 18.5 Å². The summed E-state index contributed by atoms with van der Waals surface area (Å²) in [6.07, 6.45) is 10.3. The lowest BCUT2D eigenvalue weighted by molar-refractivity contribution is 0.156. The van der Waals surface area contributed by atoms with Crippen LogP contribution in [0.2, 0.25) is 0 Å². The molecule has 0 spiro atoms. The summed E-state index contributed by atoms with van der Waals surface area (Å²) in [7, 11) is 1.74. The molecular formula is C22H34Cl2N4O. The van der Waals surface area contributed by atoms with Gasteiger partial charge in [0.2, 0.25) is 0 Å². The van der Waals surface area contributed by atoms with Crippen LogP contribution in [0.5, 0.6) is 5.75 Å². The summed E-state index contributed by atoms with van der Waals surface area (Å²) in [6.45, 7) is 7.68. The van der Waals surface area contributed by atoms with E-state index >= 15 is 0 Å². The van der Waals surface area contributed by atoms with Crippen molar-refractivity contribution in [2.75, 3.05) is 20.2 Å². The minimum absolute atomic E-state index is 0. The highest BCUT2D eigenvalue weighted by atomic mass is 35.5. The van der Waals surface area contributed by atoms with Crippen molar-refractivity contribution in [1.29, 1.82) is 0 Å². The number of ether oxygens (including phenoxy) is 1. The van der Waals surface area contributed by atoms with Gasteiger partial charge in [-0.05, 0) is 56.5 Å². The van der Waals surface area contributed by atoms with E-state index in [1.54, 1.807) is 13.4 Å². The molecule has 0 radical (unpaired) electrons. The van der Waals surface area contributed by atoms with Crippen LogP contribution in [0.15, 0.2) is 36.9 Å². The van der Waals surface area contributed by atoms with Crippen LogP contribution < -0.4 is 10.1 Å². The number of methoxy groups -OCH3 is 1. The van der Waals surface area contributed by atoms with Crippen molar-refractivity contribution in [3.05, 3.63) is 42.5 Å². The van der Waals surface area contributed by atoms with Crippen molar-refractivity contribution in [1.82, 2.24) is 20.2 Å². The highest BCUT2D eigenvalue weighted by Gasteiger charge is 2.24. The molecule has 0 aliphatic heterocycles. The van der Waals surface area contributed by atoms with Crippen LogP contribution in [0.4, 0.5) is 0 Å². The molecule has 1 N–H and O–H groups in total. The highest BCUT2D eigenvalue weighted by molar-refractivity contribution is 5.85. The number of halogens is 2. The first-order chi connectivity index (χ1) is 13.2. The van der Waals surface area contributed by atoms with E-state index in [0.717, 1.165) is 42.6 Å². The normalized spacial score (nSPS) is 18.6. The molecule has 0 amide bonds. The molecule has 1 fully saturated rings. The second-order valence-corrected chi connectivity index (χ2v) is 7.26. The SMILES string of the molecule is CCN(CC)C1CCC(NCc2cc(-c3cncnc3)ccc2OC)CC1.Cl.Cl. The zero-order chi connectivity index (χ0) is 19.1. The molecule has 29 heavy (non-hydrogen) atoms. The quantitative estimate of drug-likeness (QED) is 0.642. The third-order valence-corrected chi connectivity index (χ3v) is 5.78. The van der Waals surface area contributed by atoms with Crippen molar-refractivity contribution >= 4 is 24.8 Å². The van der Waals surface area contributed by atoms with Crippen LogP contribution in [0.1, 0.15) is 45.1 Å². The Hall–Kier alpha value is -1.40. The standard InChI is InChI=1S/C22H32N4O.2ClH/c1-4-26(5-2)21-9-7-20(8-10-21)25-15-18-12-17(6-11-22(18)27-3)19-13-23-16-24-14-19;;/h6,11-14,16,20-21,25H,4-5,7-10,15H2,1-3H3;2*1H. The zero-order valence-electron chi connectivity index (χ0n) is 17.6. The Morgan fingerprint density at radius 3 is 2.24 bits per heavy atom. The van der Waals surface area contributed by atoms with Gasteiger partial charge in [-0.25, -0.2) is 9.97 Å². The Balaban J connectivity index is 0.00000210. The Labute approximate surface area is 187 Å². The second kappa shape index (κ2) is 13.0. The summed E-state index contributed by atoms with van der Waals surface area (Å²) in [4.78, 5) is 10.9. The van der Waals surface area contributed by atoms with E-state index in [-0.39, 0.29) is 24.8 Å². The number of hydrogen-bond donors (Lipinski definition) is 1. The Morgan fingerprint density at radius 1 is 1.00 bits per heavy atom. The molecule has 1 heterocycles. The van der Waals surface area contributed by atoms with Crippen molar-refractivity contribution in [3.8, 4) is 16.9 Å². The Morgan fingerprint density at radius 2 is 1.66 bits per heavy atom. The fourth-order valence-electron chi connectivity index (χ4n) is 4.18. The summed E-state index contributed by atoms with van der Waals surface area (Å²) < 4.78 is 5.58. The van der Waals surface area contributed by atoms with Gasteiger partial charge in [0, 0.05) is 42.1 Å². The number of benzene rings is 1. The molecule has 162 valence electrons. The van der Waals surface area contributed by atoms with Crippen LogP contribution in [0.3, 0.4) is 0 Å². The third-order valence-electron chi connectivity index (χ3n) is 5.78. The van der Waals surface area contributed by atoms with E-state index in [9.17, 15) is 0 Å². The fourth-order valence-corrected chi connectivity index (χ4v) is 4.18. The molecule has 0 saturated heterocycles. The number of nitrogens with one attached hydrogen (secondary N) is 1. The molecule has 1 aromatic heterocycles. The van der Waals surface area contributed by atoms with Crippen molar-refractivity contribution in [2.24, 2.45) is 0 Å². The average molecular weight is 441 g/mol. The molecule has 0 bridgehead atoms. The molecule has 1 saturated carbocycles. The Kier molecular flexibility index (Phi) is 11.5. The van der Waals surface area contributed by atoms with Crippen LogP contribution in [-0.4, -0.2) is 47.2 Å². The maximum Gasteiger partial charge on any atom is 0.123 e. The van der Waals surface area contributed by atoms with Gasteiger partial charge in [-0.15, -0.1) is 24.8 Å². The molecule has 0 unspecified atom stereocenters. The van der Waals surface area contributed by atoms with Gasteiger partial charge in [0.1, 0.15) is 12.1 Å². The van der Waals surface area contributed by atoms with Crippen molar-refractivity contribution in [2.45, 2.75) is 58.2 Å². The topological polar surface area (TPSA) is 50.3 Å². The lowest BCUT2D eigenvalue weighted by Crippen LogP contribution is -2.42. The van der Waals surface area contributed by atoms with Gasteiger partial charge in [-0.2, -0.15) is 0 Å². The lowest BCUT2D eigenvalue weighted by atomic mass is 9.90. The summed E-state index contributed by atoms with van der Waals surface area (Å²) in [6, 6.07) is 7.64. The predicted molar refractivity (Wildman–Crippen MR) is 124 cm³/mol. The van der Waals surface area contributed by atoms with Crippen LogP contribution in [0, 0.1) is 0 Å². The van der Waals surface area contributed by atoms with E-state index in [2.05, 4.69) is 46.2 Å². The minimum Gasteiger partial charge on any atom is -0.496 e. The van der Waals surface area contributed by atoms with Gasteiger partial charge in [0.25, 0.3) is 0 Å². The van der Waals surface area contributed by atoms with Crippen LogP contribution >= 0.6 is 24.8 Å². The summed E-state index contributed by atoms with van der Waals surface area (Å²) in [5.41, 5.74) is 3.34. The minimum atomic E-state index is 0. The number of hydrogen-bond acceptors (Lipinski definition) is 5. The summed E-state index contributed by atoms with van der Waals surface area (Å²) >= 11 is 0. The molecule has 3 rings (SSSR count). The summed E-state index contributed by atoms with van der Waals surface area (Å²) in [5.74, 6) is 0.930. The molecule has 0 atom stereocenters. The van der Waals surface area contributed by atoms with Crippen molar-refractivity contribution < 1.29 is 4.74 Å². The second-order valence-electron chi connectivity index (χ2n) is 7.26. The number of nitrogens with zero attached hydrogens (tertiary/aromatic N) is 3. The molecule has 2 aromatic rings. The van der Waals surface area contributed by atoms with E-state index in [1.165, 1.54) is 31.2 Å². The lowest BCUT2D eigenvalue weighted by Gasteiger charge is -2.36. The smallest absolute Gasteiger partial charge is 0.123 e. The van der Waals surface area contributed by atoms with Crippen LogP contribution in [0.25, 0.3) is 11.1 Å². The number of aromatic nitrogens is 2. The van der Waals surface area contributed by atoms with E-state index < -0.39 is 0 Å². The number of rotatable bonds is 8. The monoisotopic (exact) mass is 440 g/mol. The third kappa shape index (κ3) is 6.82. The molecule has 1 aliphatic rings. The maximum absolute atomic E-state index is 5.58. The van der Waals surface area contributed by atoms with Gasteiger partial charge in [0.05, 0.1) is 7.11 Å². The first kappa shape index (κ1) is 25.6. The first-order valence-corrected chi connectivity index (χ1v) is 10.1. The van der Waals surface area contributed by atoms with Gasteiger partial charge in [-0.3, -0.25) is 0 Å². The van der Waals surface area contributed by atoms with E-state index in [4.69, 9.17) is 4.74 Å². The van der Waals surface area contributed by atoms with Gasteiger partial charge < -0.3 is 15.0 Å². The van der Waals surface area contributed by atoms with E-state index in [0.29, 0.717) is 6.04 Å². The molecule has 1 aromatic carbocycles. The van der Waals surface area contributed by atoms with Gasteiger partial charge in [0.15, 0.2) is 0 Å².